The lowest BCUT2D eigenvalue weighted by Crippen LogP contribution is -1.87. The molecule has 8 nitrogen and oxygen atoms in total. The van der Waals surface area contributed by atoms with Crippen molar-refractivity contribution >= 4 is 90.7 Å². The summed E-state index contributed by atoms with van der Waals surface area (Å²) in [5, 5.41) is 0. The first-order valence-electron chi connectivity index (χ1n) is 23.5. The fourth-order valence-corrected chi connectivity index (χ4v) is 10.0. The van der Waals surface area contributed by atoms with Gasteiger partial charge in [-0.1, -0.05) is 55.4 Å². The summed E-state index contributed by atoms with van der Waals surface area (Å²) in [6.45, 7) is 18.1. The molecule has 4 aliphatic rings. The molecule has 0 aromatic carbocycles. The Bertz CT molecular complexity index is 3050. The lowest BCUT2D eigenvalue weighted by molar-refractivity contribution is 1.07. The quantitative estimate of drug-likeness (QED) is 0.122. The standard InChI is InChI=1S/C36H46N4.C20H14N4/c1-9-21-22(10-2)30-18-32-25(13-5)26(14-6)34(39-32)20-36-28(16-8)27(15-7)35(40-36)19-33-24(12-4)23(11-3)31(38-33)17-29(21)37-30;1-2-14-10-16-5-6-18(23-16)12-20-8-7-19(24-20)11-17-4-3-15(22-17)9-13(1)21-14/h17-20,37-38H,9-16H2,1-8H3;1-12,21-22H. The van der Waals surface area contributed by atoms with Crippen molar-refractivity contribution in [2.75, 3.05) is 0 Å². The smallest absolute Gasteiger partial charge is 0.0694 e. The summed E-state index contributed by atoms with van der Waals surface area (Å²) in [6.07, 6.45) is 15.9. The van der Waals surface area contributed by atoms with Crippen LogP contribution in [-0.4, -0.2) is 39.9 Å². The monoisotopic (exact) mass is 844 g/mol. The third-order valence-electron chi connectivity index (χ3n) is 13.0. The van der Waals surface area contributed by atoms with Crippen molar-refractivity contribution < 1.29 is 0 Å². The third kappa shape index (κ3) is 8.13. The van der Waals surface area contributed by atoms with E-state index in [-0.39, 0.29) is 0 Å². The largest absolute Gasteiger partial charge is 0.355 e. The molecule has 0 amide bonds. The van der Waals surface area contributed by atoms with Crippen molar-refractivity contribution in [2.45, 2.75) is 107 Å². The van der Waals surface area contributed by atoms with Gasteiger partial charge in [0.2, 0.25) is 0 Å². The molecule has 0 fully saturated rings. The fourth-order valence-electron chi connectivity index (χ4n) is 10.0. The first-order valence-corrected chi connectivity index (χ1v) is 23.5. The molecule has 10 rings (SSSR count). The lowest BCUT2D eigenvalue weighted by Gasteiger charge is -2.04. The molecule has 10 heterocycles. The number of aryl methyl sites for hydroxylation is 4. The molecule has 0 spiro atoms. The van der Waals surface area contributed by atoms with Gasteiger partial charge in [0.1, 0.15) is 0 Å². The van der Waals surface area contributed by atoms with Crippen molar-refractivity contribution in [1.82, 2.24) is 39.9 Å². The van der Waals surface area contributed by atoms with E-state index in [1.807, 2.05) is 42.5 Å². The van der Waals surface area contributed by atoms with Crippen LogP contribution in [0.2, 0.25) is 0 Å². The molecule has 0 atom stereocenters. The van der Waals surface area contributed by atoms with E-state index in [1.54, 1.807) is 0 Å². The van der Waals surface area contributed by atoms with Crippen LogP contribution < -0.4 is 0 Å². The number of allylic oxidation sites excluding steroid dienone is 4. The average Bonchev–Trinajstić information content (AvgIpc) is 4.17. The highest BCUT2D eigenvalue weighted by Gasteiger charge is 2.23. The normalized spacial score (nSPS) is 13.2. The van der Waals surface area contributed by atoms with Gasteiger partial charge in [-0.25, -0.2) is 19.9 Å². The van der Waals surface area contributed by atoms with Crippen molar-refractivity contribution in [1.29, 1.82) is 0 Å². The average molecular weight is 845 g/mol. The Balaban J connectivity index is 0.000000182. The highest BCUT2D eigenvalue weighted by Crippen LogP contribution is 2.39. The van der Waals surface area contributed by atoms with Crippen LogP contribution in [0.1, 0.15) is 149 Å². The number of hydrogen-bond acceptors (Lipinski definition) is 4. The number of hydrogen-bond donors (Lipinski definition) is 4. The minimum absolute atomic E-state index is 0.915. The van der Waals surface area contributed by atoms with Crippen LogP contribution >= 0.6 is 0 Å². The van der Waals surface area contributed by atoms with E-state index >= 15 is 0 Å². The van der Waals surface area contributed by atoms with E-state index in [9.17, 15) is 0 Å². The van der Waals surface area contributed by atoms with Crippen molar-refractivity contribution in [2.24, 2.45) is 0 Å². The maximum absolute atomic E-state index is 5.28. The van der Waals surface area contributed by atoms with E-state index in [1.165, 1.54) is 66.6 Å². The van der Waals surface area contributed by atoms with E-state index in [0.29, 0.717) is 0 Å². The molecule has 6 aromatic heterocycles. The topological polar surface area (TPSA) is 115 Å². The van der Waals surface area contributed by atoms with Crippen LogP contribution in [0.15, 0.2) is 72.8 Å². The summed E-state index contributed by atoms with van der Waals surface area (Å²) in [7, 11) is 0. The van der Waals surface area contributed by atoms with Gasteiger partial charge in [0.25, 0.3) is 0 Å². The summed E-state index contributed by atoms with van der Waals surface area (Å²) in [6, 6.07) is 25.6. The predicted octanol–water partition coefficient (Wildman–Crippen LogP) is 14.7. The number of nitrogens with one attached hydrogen (secondary N) is 4. The zero-order chi connectivity index (χ0) is 44.5. The second-order valence-electron chi connectivity index (χ2n) is 16.8. The van der Waals surface area contributed by atoms with Crippen molar-refractivity contribution in [3.8, 4) is 0 Å². The molecule has 0 unspecified atom stereocenters. The Morgan fingerprint density at radius 2 is 0.609 bits per heavy atom. The number of rotatable bonds is 8. The van der Waals surface area contributed by atoms with Gasteiger partial charge in [-0.05, 0) is 193 Å². The van der Waals surface area contributed by atoms with Crippen molar-refractivity contribution in [3.63, 3.8) is 0 Å². The van der Waals surface area contributed by atoms with Gasteiger partial charge in [0.05, 0.1) is 45.6 Å². The molecular formula is C56H60N8. The van der Waals surface area contributed by atoms with E-state index in [4.69, 9.17) is 9.97 Å². The van der Waals surface area contributed by atoms with Crippen LogP contribution in [0.4, 0.5) is 0 Å². The molecule has 0 radical (unpaired) electrons. The van der Waals surface area contributed by atoms with Gasteiger partial charge in [0.15, 0.2) is 0 Å². The van der Waals surface area contributed by atoms with Crippen LogP contribution in [0.5, 0.6) is 0 Å². The Morgan fingerprint density at radius 1 is 0.297 bits per heavy atom. The maximum atomic E-state index is 5.28. The highest BCUT2D eigenvalue weighted by atomic mass is 14.8. The minimum Gasteiger partial charge on any atom is -0.355 e. The van der Waals surface area contributed by atoms with Gasteiger partial charge in [-0.15, -0.1) is 0 Å². The summed E-state index contributed by atoms with van der Waals surface area (Å²) >= 11 is 0. The molecule has 6 aromatic rings. The number of aromatic nitrogens is 8. The third-order valence-corrected chi connectivity index (χ3v) is 13.0. The Kier molecular flexibility index (Phi) is 12.0. The molecule has 4 N–H and O–H groups in total. The van der Waals surface area contributed by atoms with E-state index in [2.05, 4.69) is 140 Å². The summed E-state index contributed by atoms with van der Waals surface area (Å²) in [5.41, 5.74) is 28.1. The number of aromatic amines is 4. The molecule has 0 saturated carbocycles. The molecule has 64 heavy (non-hydrogen) atoms. The SMILES string of the molecule is C1=Cc2cc3ccc(cc4ccc(cc5nc(cc1n2)C=C5)[nH]4)[nH]3.CCC1=C(CC)c2cc3[nH]c(cc4[nH]c(cc5nc(cc1n2)C(CC)=C5CC)c(CC)c4CC)c(CC)c3CC. The number of H-pyrrole nitrogens is 4. The van der Waals surface area contributed by atoms with E-state index < -0.39 is 0 Å². The first kappa shape index (κ1) is 42.5. The molecular weight excluding hydrogens is 785 g/mol. The molecule has 0 aliphatic carbocycles. The Labute approximate surface area is 376 Å². The first-order chi connectivity index (χ1) is 31.3. The van der Waals surface area contributed by atoms with Crippen LogP contribution in [0.25, 0.3) is 90.7 Å². The lowest BCUT2D eigenvalue weighted by atomic mass is 9.97. The van der Waals surface area contributed by atoms with Crippen LogP contribution in [0.3, 0.4) is 0 Å². The predicted molar refractivity (Wildman–Crippen MR) is 272 cm³/mol. The van der Waals surface area contributed by atoms with Gasteiger partial charge in [-0.2, -0.15) is 0 Å². The second-order valence-corrected chi connectivity index (χ2v) is 16.8. The van der Waals surface area contributed by atoms with Gasteiger partial charge >= 0.3 is 0 Å². The molecule has 0 saturated heterocycles. The van der Waals surface area contributed by atoms with Crippen molar-refractivity contribution in [3.05, 3.63) is 141 Å². The van der Waals surface area contributed by atoms with Crippen LogP contribution in [-0.2, 0) is 25.7 Å². The Morgan fingerprint density at radius 3 is 0.953 bits per heavy atom. The van der Waals surface area contributed by atoms with Gasteiger partial charge < -0.3 is 19.9 Å². The zero-order valence-electron chi connectivity index (χ0n) is 38.7. The second kappa shape index (κ2) is 18.1. The Hall–Kier alpha value is -6.80. The molecule has 8 heteroatoms. The summed E-state index contributed by atoms with van der Waals surface area (Å²) in [4.78, 5) is 34.3. The molecule has 16 bridgehead atoms. The minimum atomic E-state index is 0.915. The fraction of sp³-hybridized carbons (Fsp3) is 0.286. The number of nitrogens with zero attached hydrogens (tertiary/aromatic N) is 4. The summed E-state index contributed by atoms with van der Waals surface area (Å²) < 4.78 is 0. The number of fused-ring (bicyclic) bond motifs is 16. The highest BCUT2D eigenvalue weighted by molar-refractivity contribution is 5.96. The molecule has 324 valence electrons. The maximum Gasteiger partial charge on any atom is 0.0694 e. The zero-order valence-corrected chi connectivity index (χ0v) is 38.7. The van der Waals surface area contributed by atoms with Gasteiger partial charge in [-0.3, -0.25) is 0 Å². The van der Waals surface area contributed by atoms with Gasteiger partial charge in [0, 0.05) is 44.1 Å². The summed E-state index contributed by atoms with van der Waals surface area (Å²) in [5.74, 6) is 0. The van der Waals surface area contributed by atoms with Crippen LogP contribution in [0, 0.1) is 0 Å². The van der Waals surface area contributed by atoms with E-state index in [0.717, 1.165) is 119 Å². The molecule has 4 aliphatic heterocycles.